The Labute approximate surface area is 155 Å². The maximum absolute atomic E-state index is 11.2. The van der Waals surface area contributed by atoms with Gasteiger partial charge in [-0.05, 0) is 36.2 Å². The highest BCUT2D eigenvalue weighted by atomic mass is 16.5. The zero-order valence-corrected chi connectivity index (χ0v) is 15.0. The molecule has 0 aliphatic carbocycles. The second-order valence-electron chi connectivity index (χ2n) is 5.63. The average molecular weight is 365 g/mol. The third kappa shape index (κ3) is 4.91. The maximum Gasteiger partial charge on any atom is 0.363 e. The topological polar surface area (TPSA) is 101 Å². The fourth-order valence-corrected chi connectivity index (χ4v) is 2.28. The summed E-state index contributed by atoms with van der Waals surface area (Å²) in [6.45, 7) is 2.16. The van der Waals surface area contributed by atoms with E-state index in [1.807, 2.05) is 48.5 Å². The Morgan fingerprint density at radius 3 is 2.78 bits per heavy atom. The lowest BCUT2D eigenvalue weighted by Crippen LogP contribution is -2.15. The molecule has 0 fully saturated rings. The number of aromatic amines is 1. The average Bonchev–Trinajstić information content (AvgIpc) is 2.70. The van der Waals surface area contributed by atoms with Gasteiger partial charge < -0.3 is 9.47 Å². The summed E-state index contributed by atoms with van der Waals surface area (Å²) in [6.07, 6.45) is 1.59. The van der Waals surface area contributed by atoms with Crippen LogP contribution in [0.25, 0.3) is 0 Å². The number of anilines is 1. The fourth-order valence-electron chi connectivity index (χ4n) is 2.28. The summed E-state index contributed by atoms with van der Waals surface area (Å²) >= 11 is 0. The van der Waals surface area contributed by atoms with Gasteiger partial charge in [0.2, 0.25) is 0 Å². The molecule has 0 saturated heterocycles. The highest BCUT2D eigenvalue weighted by Gasteiger charge is 2.06. The van der Waals surface area contributed by atoms with Crippen LogP contribution in [0.15, 0.2) is 58.4 Å². The van der Waals surface area contributed by atoms with Crippen LogP contribution < -0.4 is 20.6 Å². The summed E-state index contributed by atoms with van der Waals surface area (Å²) in [5, 5.41) is 10.2. The normalized spacial score (nSPS) is 10.7. The minimum absolute atomic E-state index is 0.296. The summed E-state index contributed by atoms with van der Waals surface area (Å²) in [7, 11) is 1.58. The quantitative estimate of drug-likeness (QED) is 0.493. The number of nitrogens with one attached hydrogen (secondary N) is 2. The minimum Gasteiger partial charge on any atom is -0.493 e. The number of ether oxygens (including phenoxy) is 2. The molecule has 0 spiro atoms. The van der Waals surface area contributed by atoms with E-state index in [1.54, 1.807) is 20.2 Å². The molecule has 0 unspecified atom stereocenters. The van der Waals surface area contributed by atoms with Gasteiger partial charge in [-0.15, -0.1) is 0 Å². The Kier molecular flexibility index (Phi) is 5.78. The van der Waals surface area contributed by atoms with Crippen LogP contribution in [0.5, 0.6) is 11.5 Å². The van der Waals surface area contributed by atoms with Crippen molar-refractivity contribution in [3.05, 3.63) is 75.8 Å². The first kappa shape index (κ1) is 18.1. The lowest BCUT2D eigenvalue weighted by molar-refractivity contribution is 0.284. The predicted molar refractivity (Wildman–Crippen MR) is 102 cm³/mol. The van der Waals surface area contributed by atoms with E-state index in [4.69, 9.17) is 9.47 Å². The van der Waals surface area contributed by atoms with E-state index in [0.717, 1.165) is 11.1 Å². The first-order chi connectivity index (χ1) is 13.2. The molecule has 8 nitrogen and oxygen atoms in total. The van der Waals surface area contributed by atoms with E-state index in [-0.39, 0.29) is 0 Å². The number of rotatable bonds is 7. The molecule has 0 radical (unpaired) electrons. The van der Waals surface area contributed by atoms with Gasteiger partial charge in [-0.3, -0.25) is 5.43 Å². The van der Waals surface area contributed by atoms with Crippen LogP contribution in [0.1, 0.15) is 16.8 Å². The minimum atomic E-state index is -0.542. The smallest absolute Gasteiger partial charge is 0.363 e. The lowest BCUT2D eigenvalue weighted by atomic mass is 10.2. The molecular weight excluding hydrogens is 346 g/mol. The number of methoxy groups -OCH3 is 1. The number of aromatic nitrogens is 3. The van der Waals surface area contributed by atoms with Gasteiger partial charge in [0.1, 0.15) is 12.3 Å². The van der Waals surface area contributed by atoms with Crippen LogP contribution in [0.3, 0.4) is 0 Å². The number of hydrogen-bond donors (Lipinski definition) is 2. The van der Waals surface area contributed by atoms with Crippen LogP contribution in [0.4, 0.5) is 5.82 Å². The van der Waals surface area contributed by atoms with Crippen molar-refractivity contribution in [1.29, 1.82) is 0 Å². The molecule has 0 bridgehead atoms. The van der Waals surface area contributed by atoms with E-state index in [2.05, 4.69) is 25.7 Å². The number of aryl methyl sites for hydroxylation is 1. The van der Waals surface area contributed by atoms with Crippen LogP contribution >= 0.6 is 0 Å². The Morgan fingerprint density at radius 1 is 1.19 bits per heavy atom. The molecule has 1 aromatic heterocycles. The van der Waals surface area contributed by atoms with Gasteiger partial charge in [0.25, 0.3) is 0 Å². The van der Waals surface area contributed by atoms with E-state index < -0.39 is 5.69 Å². The van der Waals surface area contributed by atoms with Crippen molar-refractivity contribution >= 4 is 12.0 Å². The van der Waals surface area contributed by atoms with Crippen molar-refractivity contribution in [3.63, 3.8) is 0 Å². The third-order valence-electron chi connectivity index (χ3n) is 3.68. The Bertz CT molecular complexity index is 986. The largest absolute Gasteiger partial charge is 0.493 e. The monoisotopic (exact) mass is 365 g/mol. The van der Waals surface area contributed by atoms with Crippen LogP contribution in [-0.2, 0) is 6.61 Å². The molecule has 0 saturated carbocycles. The first-order valence-electron chi connectivity index (χ1n) is 8.23. The zero-order chi connectivity index (χ0) is 19.1. The molecule has 0 atom stereocenters. The van der Waals surface area contributed by atoms with E-state index in [0.29, 0.717) is 29.6 Å². The van der Waals surface area contributed by atoms with Crippen molar-refractivity contribution < 1.29 is 9.47 Å². The highest BCUT2D eigenvalue weighted by molar-refractivity contribution is 5.81. The molecule has 27 heavy (non-hydrogen) atoms. The van der Waals surface area contributed by atoms with E-state index in [1.165, 1.54) is 0 Å². The highest BCUT2D eigenvalue weighted by Crippen LogP contribution is 2.28. The molecule has 3 rings (SSSR count). The molecule has 2 aromatic carbocycles. The SMILES string of the molecule is COc1cc(/C=N/Nc2nc(=O)[nH]nc2C)ccc1OCc1ccccc1. The molecule has 138 valence electrons. The number of hydrogen-bond acceptors (Lipinski definition) is 7. The number of H-pyrrole nitrogens is 1. The van der Waals surface area contributed by atoms with Gasteiger partial charge in [0.05, 0.1) is 13.3 Å². The molecule has 0 amide bonds. The molecule has 8 heteroatoms. The number of nitrogens with zero attached hydrogens (tertiary/aromatic N) is 3. The van der Waals surface area contributed by atoms with Gasteiger partial charge >= 0.3 is 5.69 Å². The molecule has 2 N–H and O–H groups in total. The molecule has 0 aliphatic rings. The standard InChI is InChI=1S/C19H19N5O3/c1-13-18(21-19(25)24-22-13)23-20-11-15-8-9-16(17(10-15)26-2)27-12-14-6-4-3-5-7-14/h3-11H,12H2,1-2H3,(H2,21,23,24,25)/b20-11+. The molecule has 3 aromatic rings. The van der Waals surface area contributed by atoms with Crippen molar-refractivity contribution in [1.82, 2.24) is 15.2 Å². The van der Waals surface area contributed by atoms with Gasteiger partial charge in [-0.25, -0.2) is 9.89 Å². The number of benzene rings is 2. The molecular formula is C19H19N5O3. The lowest BCUT2D eigenvalue weighted by Gasteiger charge is -2.11. The van der Waals surface area contributed by atoms with Gasteiger partial charge in [-0.1, -0.05) is 30.3 Å². The fraction of sp³-hybridized carbons (Fsp3) is 0.158. The predicted octanol–water partition coefficient (Wildman–Crippen LogP) is 2.51. The van der Waals surface area contributed by atoms with Crippen LogP contribution in [-0.4, -0.2) is 28.5 Å². The Morgan fingerprint density at radius 2 is 2.00 bits per heavy atom. The first-order valence-corrected chi connectivity index (χ1v) is 8.23. The van der Waals surface area contributed by atoms with Crippen LogP contribution in [0, 0.1) is 6.92 Å². The Balaban J connectivity index is 1.68. The second-order valence-corrected chi connectivity index (χ2v) is 5.63. The van der Waals surface area contributed by atoms with Gasteiger partial charge in [-0.2, -0.15) is 15.2 Å². The van der Waals surface area contributed by atoms with Crippen molar-refractivity contribution in [2.24, 2.45) is 5.10 Å². The van der Waals surface area contributed by atoms with Crippen molar-refractivity contribution in [2.45, 2.75) is 13.5 Å². The van der Waals surface area contributed by atoms with Gasteiger partial charge in [0, 0.05) is 0 Å². The summed E-state index contributed by atoms with van der Waals surface area (Å²) in [4.78, 5) is 15.0. The zero-order valence-electron chi connectivity index (χ0n) is 15.0. The summed E-state index contributed by atoms with van der Waals surface area (Å²) < 4.78 is 11.2. The van der Waals surface area contributed by atoms with E-state index in [9.17, 15) is 4.79 Å². The van der Waals surface area contributed by atoms with Gasteiger partial charge in [0.15, 0.2) is 17.3 Å². The molecule has 1 heterocycles. The van der Waals surface area contributed by atoms with E-state index >= 15 is 0 Å². The third-order valence-corrected chi connectivity index (χ3v) is 3.68. The second kappa shape index (κ2) is 8.61. The van der Waals surface area contributed by atoms with Crippen LogP contribution in [0.2, 0.25) is 0 Å². The summed E-state index contributed by atoms with van der Waals surface area (Å²) in [6, 6.07) is 15.4. The number of hydrazone groups is 1. The summed E-state index contributed by atoms with van der Waals surface area (Å²) in [5.41, 5.74) is 4.57. The van der Waals surface area contributed by atoms with Crippen molar-refractivity contribution in [3.8, 4) is 11.5 Å². The Hall–Kier alpha value is -3.68. The summed E-state index contributed by atoms with van der Waals surface area (Å²) in [5.74, 6) is 1.54. The maximum atomic E-state index is 11.2. The molecule has 0 aliphatic heterocycles. The van der Waals surface area contributed by atoms with Crippen molar-refractivity contribution in [2.75, 3.05) is 12.5 Å².